The lowest BCUT2D eigenvalue weighted by atomic mass is 10.2. The molecule has 0 unspecified atom stereocenters. The van der Waals surface area contributed by atoms with Crippen LogP contribution in [0.5, 0.6) is 0 Å². The second kappa shape index (κ2) is 5.51. The number of guanidine groups is 1. The Balaban J connectivity index is 2.25. The number of H-pyrrole nitrogens is 1. The molecule has 0 saturated heterocycles. The normalized spacial score (nSPS) is 11.1. The minimum absolute atomic E-state index is 0.101. The summed E-state index contributed by atoms with van der Waals surface area (Å²) >= 11 is 0. The Bertz CT molecular complexity index is 859. The van der Waals surface area contributed by atoms with Gasteiger partial charge in [-0.1, -0.05) is 19.1 Å². The first-order valence-corrected chi connectivity index (χ1v) is 7.25. The molecule has 0 fully saturated rings. The summed E-state index contributed by atoms with van der Waals surface area (Å²) in [4.78, 5) is 11.9. The van der Waals surface area contributed by atoms with Crippen LogP contribution >= 0.6 is 0 Å². The van der Waals surface area contributed by atoms with Crippen LogP contribution in [0.15, 0.2) is 29.3 Å². The van der Waals surface area contributed by atoms with Gasteiger partial charge in [0.15, 0.2) is 17.3 Å². The molecule has 0 spiro atoms. The monoisotopic (exact) mass is 298 g/mol. The Labute approximate surface area is 127 Å². The van der Waals surface area contributed by atoms with Crippen molar-refractivity contribution in [2.75, 3.05) is 12.3 Å². The van der Waals surface area contributed by atoms with Gasteiger partial charge in [0, 0.05) is 6.42 Å². The molecule has 22 heavy (non-hydrogen) atoms. The Morgan fingerprint density at radius 1 is 1.32 bits per heavy atom. The van der Waals surface area contributed by atoms with E-state index in [1.54, 1.807) is 0 Å². The van der Waals surface area contributed by atoms with E-state index in [2.05, 4.69) is 32.5 Å². The van der Waals surface area contributed by atoms with Gasteiger partial charge in [0.1, 0.15) is 6.54 Å². The van der Waals surface area contributed by atoms with E-state index in [0.29, 0.717) is 18.9 Å². The maximum atomic E-state index is 6.11. The molecule has 0 radical (unpaired) electrons. The van der Waals surface area contributed by atoms with Crippen molar-refractivity contribution in [1.82, 2.24) is 9.97 Å². The molecule has 3 aromatic rings. The van der Waals surface area contributed by atoms with Crippen molar-refractivity contribution in [2.45, 2.75) is 19.9 Å². The molecule has 2 aromatic heterocycles. The third kappa shape index (κ3) is 2.30. The molecule has 3 rings (SSSR count). The van der Waals surface area contributed by atoms with Crippen LogP contribution in [0.1, 0.15) is 12.7 Å². The molecule has 0 aliphatic rings. The number of aliphatic imine (C=N–C) groups is 1. The van der Waals surface area contributed by atoms with Crippen molar-refractivity contribution in [3.63, 3.8) is 0 Å². The van der Waals surface area contributed by atoms with E-state index in [1.807, 2.05) is 18.2 Å². The van der Waals surface area contributed by atoms with Crippen molar-refractivity contribution >= 4 is 33.7 Å². The number of nitrogens with two attached hydrogens (primary N) is 3. The third-order valence-electron chi connectivity index (χ3n) is 3.71. The number of aryl methyl sites for hydroxylation is 1. The standard InChI is InChI=1S/C15H19N7/c1-2-11-21-12-13(22(11)8-7-19-15(17)18)9-5-3-4-6-10(9)20-14(12)16/h3-6H,2,7-8H2,1H3,(H6,16,17,18,19,20)/p+1. The smallest absolute Gasteiger partial charge is 0.255 e. The molecule has 0 amide bonds. The zero-order chi connectivity index (χ0) is 15.7. The lowest BCUT2D eigenvalue weighted by Crippen LogP contribution is -2.39. The van der Waals surface area contributed by atoms with Crippen molar-refractivity contribution in [2.24, 2.45) is 16.5 Å². The van der Waals surface area contributed by atoms with Crippen molar-refractivity contribution < 1.29 is 4.57 Å². The van der Waals surface area contributed by atoms with E-state index >= 15 is 0 Å². The molecule has 0 bridgehead atoms. The van der Waals surface area contributed by atoms with Gasteiger partial charge in [-0.3, -0.25) is 0 Å². The molecule has 2 heterocycles. The van der Waals surface area contributed by atoms with Crippen LogP contribution in [0.25, 0.3) is 21.9 Å². The number of anilines is 1. The minimum Gasteiger partial charge on any atom is -0.380 e. The van der Waals surface area contributed by atoms with E-state index in [0.717, 1.165) is 34.2 Å². The number of benzene rings is 1. The number of nitrogens with zero attached hydrogens (tertiary/aromatic N) is 3. The first-order chi connectivity index (χ1) is 10.6. The summed E-state index contributed by atoms with van der Waals surface area (Å²) in [6.07, 6.45) is 0.851. The van der Waals surface area contributed by atoms with Crippen LogP contribution in [0.2, 0.25) is 0 Å². The summed E-state index contributed by atoms with van der Waals surface area (Å²) < 4.78 is 2.18. The molecule has 0 atom stereocenters. The summed E-state index contributed by atoms with van der Waals surface area (Å²) in [5.74, 6) is 1.68. The predicted octanol–water partition coefficient (Wildman–Crippen LogP) is 0.422. The largest absolute Gasteiger partial charge is 0.380 e. The number of rotatable bonds is 4. The number of fused-ring (bicyclic) bond motifs is 3. The molecule has 7 N–H and O–H groups in total. The Kier molecular flexibility index (Phi) is 3.54. The first kappa shape index (κ1) is 14.1. The van der Waals surface area contributed by atoms with E-state index in [4.69, 9.17) is 17.2 Å². The van der Waals surface area contributed by atoms with E-state index in [-0.39, 0.29) is 5.96 Å². The van der Waals surface area contributed by atoms with Gasteiger partial charge in [-0.05, 0) is 12.1 Å². The fraction of sp³-hybridized carbons (Fsp3) is 0.267. The Hall–Kier alpha value is -2.83. The van der Waals surface area contributed by atoms with Gasteiger partial charge in [-0.2, -0.15) is 0 Å². The van der Waals surface area contributed by atoms with Crippen LogP contribution in [0.4, 0.5) is 5.82 Å². The number of hydrogen-bond donors (Lipinski definition) is 4. The molecular formula is C15H20N7+. The van der Waals surface area contributed by atoms with Gasteiger partial charge < -0.3 is 17.2 Å². The fourth-order valence-electron chi connectivity index (χ4n) is 2.77. The molecule has 0 aliphatic heterocycles. The van der Waals surface area contributed by atoms with Gasteiger partial charge in [0.25, 0.3) is 5.82 Å². The maximum Gasteiger partial charge on any atom is 0.255 e. The summed E-state index contributed by atoms with van der Waals surface area (Å²) in [5, 5.41) is 1.06. The number of nitrogen functional groups attached to an aromatic ring is 1. The molecular weight excluding hydrogens is 278 g/mol. The average molecular weight is 298 g/mol. The minimum atomic E-state index is 0.101. The number of nitrogens with one attached hydrogen (secondary N) is 1. The quantitative estimate of drug-likeness (QED) is 0.316. The van der Waals surface area contributed by atoms with E-state index in [1.165, 1.54) is 0 Å². The summed E-state index contributed by atoms with van der Waals surface area (Å²) in [5.41, 5.74) is 19.7. The predicted molar refractivity (Wildman–Crippen MR) is 88.3 cm³/mol. The molecule has 0 saturated carbocycles. The van der Waals surface area contributed by atoms with E-state index in [9.17, 15) is 0 Å². The Morgan fingerprint density at radius 2 is 2.09 bits per heavy atom. The average Bonchev–Trinajstić information content (AvgIpc) is 2.87. The zero-order valence-electron chi connectivity index (χ0n) is 12.5. The van der Waals surface area contributed by atoms with Crippen LogP contribution in [-0.4, -0.2) is 22.5 Å². The second-order valence-corrected chi connectivity index (χ2v) is 5.12. The van der Waals surface area contributed by atoms with Crippen molar-refractivity contribution in [1.29, 1.82) is 0 Å². The first-order valence-electron chi connectivity index (χ1n) is 7.25. The van der Waals surface area contributed by atoms with Crippen molar-refractivity contribution in [3.8, 4) is 0 Å². The SMILES string of the molecule is CCc1[nH]c2c(N)nc3ccccc3c2[n+]1CCN=C(N)N. The van der Waals surface area contributed by atoms with Gasteiger partial charge in [0.2, 0.25) is 5.52 Å². The molecule has 1 aromatic carbocycles. The highest BCUT2D eigenvalue weighted by molar-refractivity contribution is 6.04. The highest BCUT2D eigenvalue weighted by Crippen LogP contribution is 2.25. The lowest BCUT2D eigenvalue weighted by molar-refractivity contribution is -0.675. The second-order valence-electron chi connectivity index (χ2n) is 5.12. The Morgan fingerprint density at radius 3 is 2.82 bits per heavy atom. The molecule has 114 valence electrons. The van der Waals surface area contributed by atoms with Gasteiger partial charge in [-0.25, -0.2) is 19.5 Å². The van der Waals surface area contributed by atoms with Crippen LogP contribution in [0.3, 0.4) is 0 Å². The summed E-state index contributed by atoms with van der Waals surface area (Å²) in [6.45, 7) is 3.28. The lowest BCUT2D eigenvalue weighted by Gasteiger charge is -2.02. The number of aromatic nitrogens is 3. The van der Waals surface area contributed by atoms with Crippen molar-refractivity contribution in [3.05, 3.63) is 30.1 Å². The van der Waals surface area contributed by atoms with E-state index < -0.39 is 0 Å². The molecule has 0 aliphatic carbocycles. The highest BCUT2D eigenvalue weighted by Gasteiger charge is 2.22. The number of hydrogen-bond acceptors (Lipinski definition) is 3. The van der Waals surface area contributed by atoms with Crippen LogP contribution in [-0.2, 0) is 13.0 Å². The summed E-state index contributed by atoms with van der Waals surface area (Å²) in [7, 11) is 0. The third-order valence-corrected chi connectivity index (χ3v) is 3.71. The van der Waals surface area contributed by atoms with Gasteiger partial charge >= 0.3 is 0 Å². The van der Waals surface area contributed by atoms with Crippen LogP contribution < -0.4 is 21.8 Å². The fourth-order valence-corrected chi connectivity index (χ4v) is 2.77. The zero-order valence-corrected chi connectivity index (χ0v) is 12.5. The maximum absolute atomic E-state index is 6.11. The number of pyridine rings is 1. The highest BCUT2D eigenvalue weighted by atomic mass is 15.1. The molecule has 7 heteroatoms. The van der Waals surface area contributed by atoms with Gasteiger partial charge in [0.05, 0.1) is 17.4 Å². The summed E-state index contributed by atoms with van der Waals surface area (Å²) in [6, 6.07) is 7.97. The number of aromatic amines is 1. The topological polar surface area (TPSA) is 123 Å². The number of para-hydroxylation sites is 1. The molecule has 7 nitrogen and oxygen atoms in total. The van der Waals surface area contributed by atoms with Gasteiger partial charge in [-0.15, -0.1) is 0 Å². The van der Waals surface area contributed by atoms with Crippen LogP contribution in [0, 0.1) is 0 Å². The number of imidazole rings is 1.